The number of carbonyl (C=O) groups is 3. The summed E-state index contributed by atoms with van der Waals surface area (Å²) < 4.78 is 14.4. The molecule has 0 bridgehead atoms. The van der Waals surface area contributed by atoms with E-state index in [0.29, 0.717) is 0 Å². The van der Waals surface area contributed by atoms with Crippen LogP contribution < -0.4 is 0 Å². The third-order valence-electron chi connectivity index (χ3n) is 2.39. The van der Waals surface area contributed by atoms with Crippen molar-refractivity contribution in [2.24, 2.45) is 0 Å². The lowest BCUT2D eigenvalue weighted by atomic mass is 10.1. The lowest BCUT2D eigenvalue weighted by Gasteiger charge is -2.30. The smallest absolute Gasteiger partial charge is 0.411 e. The summed E-state index contributed by atoms with van der Waals surface area (Å²) in [4.78, 5) is 36.5. The minimum Gasteiger partial charge on any atom is -0.469 e. The summed E-state index contributed by atoms with van der Waals surface area (Å²) in [5.41, 5.74) is -0.734. The molecule has 0 fully saturated rings. The van der Waals surface area contributed by atoms with Crippen molar-refractivity contribution < 1.29 is 28.6 Å². The first-order valence-electron chi connectivity index (χ1n) is 6.41. The van der Waals surface area contributed by atoms with Gasteiger partial charge in [-0.15, -0.1) is 6.58 Å². The highest BCUT2D eigenvalue weighted by molar-refractivity contribution is 5.86. The average molecular weight is 301 g/mol. The maximum Gasteiger partial charge on any atom is 0.411 e. The van der Waals surface area contributed by atoms with Gasteiger partial charge in [0, 0.05) is 6.54 Å². The molecule has 21 heavy (non-hydrogen) atoms. The van der Waals surface area contributed by atoms with E-state index in [-0.39, 0.29) is 13.0 Å². The fraction of sp³-hybridized carbons (Fsp3) is 0.643. The average Bonchev–Trinajstić information content (AvgIpc) is 2.39. The molecule has 1 unspecified atom stereocenters. The van der Waals surface area contributed by atoms with Crippen LogP contribution in [0.3, 0.4) is 0 Å². The number of hydrogen-bond acceptors (Lipinski definition) is 6. The zero-order chi connectivity index (χ0) is 16.6. The second-order valence-electron chi connectivity index (χ2n) is 5.24. The number of methoxy groups -OCH3 is 2. The normalized spacial score (nSPS) is 12.0. The Kier molecular flexibility index (Phi) is 7.48. The molecule has 0 radical (unpaired) electrons. The quantitative estimate of drug-likeness (QED) is 0.420. The summed E-state index contributed by atoms with van der Waals surface area (Å²) in [5.74, 6) is -1.36. The predicted molar refractivity (Wildman–Crippen MR) is 75.6 cm³/mol. The molecule has 0 aliphatic carbocycles. The van der Waals surface area contributed by atoms with Crippen molar-refractivity contribution in [3.63, 3.8) is 0 Å². The van der Waals surface area contributed by atoms with Crippen molar-refractivity contribution in [2.75, 3.05) is 20.8 Å². The van der Waals surface area contributed by atoms with Crippen molar-refractivity contribution in [3.8, 4) is 0 Å². The monoisotopic (exact) mass is 301 g/mol. The van der Waals surface area contributed by atoms with Gasteiger partial charge in [0.2, 0.25) is 0 Å². The van der Waals surface area contributed by atoms with Crippen LogP contribution in [0, 0.1) is 0 Å². The first-order valence-corrected chi connectivity index (χ1v) is 6.41. The number of esters is 2. The molecule has 120 valence electrons. The summed E-state index contributed by atoms with van der Waals surface area (Å²) in [6.07, 6.45) is 0.370. The highest BCUT2D eigenvalue weighted by atomic mass is 16.6. The largest absolute Gasteiger partial charge is 0.469 e. The van der Waals surface area contributed by atoms with Gasteiger partial charge in [0.15, 0.2) is 0 Å². The Bertz CT molecular complexity index is 399. The van der Waals surface area contributed by atoms with Crippen LogP contribution in [0.4, 0.5) is 4.79 Å². The molecule has 0 spiro atoms. The molecular formula is C14H23NO6. The van der Waals surface area contributed by atoms with Crippen LogP contribution >= 0.6 is 0 Å². The van der Waals surface area contributed by atoms with Crippen LogP contribution in [0.2, 0.25) is 0 Å². The molecule has 0 aromatic carbocycles. The minimum absolute atomic E-state index is 0.0334. The highest BCUT2D eigenvalue weighted by Gasteiger charge is 2.35. The number of amides is 1. The molecule has 0 rings (SSSR count). The molecule has 0 saturated carbocycles. The molecule has 0 N–H and O–H groups in total. The van der Waals surface area contributed by atoms with E-state index in [1.165, 1.54) is 20.3 Å². The van der Waals surface area contributed by atoms with Crippen LogP contribution in [0.1, 0.15) is 27.2 Å². The number of carbonyl (C=O) groups excluding carboxylic acids is 3. The van der Waals surface area contributed by atoms with E-state index < -0.39 is 29.7 Å². The fourth-order valence-corrected chi connectivity index (χ4v) is 1.49. The molecule has 1 atom stereocenters. The van der Waals surface area contributed by atoms with Crippen molar-refractivity contribution in [3.05, 3.63) is 12.7 Å². The van der Waals surface area contributed by atoms with E-state index in [9.17, 15) is 14.4 Å². The molecule has 7 nitrogen and oxygen atoms in total. The molecule has 0 saturated heterocycles. The highest BCUT2D eigenvalue weighted by Crippen LogP contribution is 2.15. The van der Waals surface area contributed by atoms with Gasteiger partial charge in [0.25, 0.3) is 0 Å². The van der Waals surface area contributed by atoms with E-state index in [0.717, 1.165) is 4.90 Å². The summed E-state index contributed by atoms with van der Waals surface area (Å²) >= 11 is 0. The molecule has 7 heteroatoms. The van der Waals surface area contributed by atoms with Gasteiger partial charge in [0.05, 0.1) is 20.6 Å². The number of hydrogen-bond donors (Lipinski definition) is 0. The first kappa shape index (κ1) is 18.9. The Labute approximate surface area is 124 Å². The molecule has 0 aliphatic rings. The van der Waals surface area contributed by atoms with E-state index in [1.54, 1.807) is 20.8 Å². The standard InChI is InChI=1S/C14H23NO6/c1-7-8-15(13(18)21-14(2,3)4)10(12(17)20-6)9-11(16)19-5/h7,10H,1,8-9H2,2-6H3. The van der Waals surface area contributed by atoms with Crippen LogP contribution in [0.25, 0.3) is 0 Å². The number of rotatable bonds is 6. The maximum absolute atomic E-state index is 12.2. The van der Waals surface area contributed by atoms with E-state index in [1.807, 2.05) is 0 Å². The summed E-state index contributed by atoms with van der Waals surface area (Å²) in [5, 5.41) is 0. The van der Waals surface area contributed by atoms with Crippen LogP contribution in [-0.4, -0.2) is 55.3 Å². The Morgan fingerprint density at radius 1 is 1.19 bits per heavy atom. The molecule has 0 aliphatic heterocycles. The van der Waals surface area contributed by atoms with Gasteiger partial charge in [-0.25, -0.2) is 9.59 Å². The van der Waals surface area contributed by atoms with Gasteiger partial charge in [0.1, 0.15) is 11.6 Å². The van der Waals surface area contributed by atoms with Crippen molar-refractivity contribution in [2.45, 2.75) is 38.8 Å². The second-order valence-corrected chi connectivity index (χ2v) is 5.24. The van der Waals surface area contributed by atoms with Gasteiger partial charge >= 0.3 is 18.0 Å². The Morgan fingerprint density at radius 3 is 2.14 bits per heavy atom. The van der Waals surface area contributed by atoms with Crippen molar-refractivity contribution in [1.29, 1.82) is 0 Å². The lowest BCUT2D eigenvalue weighted by molar-refractivity contribution is -0.153. The second kappa shape index (κ2) is 8.28. The third kappa shape index (κ3) is 6.78. The van der Waals surface area contributed by atoms with Gasteiger partial charge in [-0.2, -0.15) is 0 Å². The predicted octanol–water partition coefficient (Wildman–Crippen LogP) is 1.51. The first-order chi connectivity index (χ1) is 9.66. The van der Waals surface area contributed by atoms with Gasteiger partial charge in [-0.1, -0.05) is 6.08 Å². The maximum atomic E-state index is 12.2. The zero-order valence-electron chi connectivity index (χ0n) is 13.2. The van der Waals surface area contributed by atoms with Crippen molar-refractivity contribution in [1.82, 2.24) is 4.90 Å². The molecular weight excluding hydrogens is 278 g/mol. The number of ether oxygens (including phenoxy) is 3. The van der Waals surface area contributed by atoms with Gasteiger partial charge < -0.3 is 14.2 Å². The Balaban J connectivity index is 5.30. The van der Waals surface area contributed by atoms with Crippen LogP contribution in [0.15, 0.2) is 12.7 Å². The summed E-state index contributed by atoms with van der Waals surface area (Å²) in [6.45, 7) is 8.66. The van der Waals surface area contributed by atoms with Gasteiger partial charge in [-0.3, -0.25) is 9.69 Å². The summed E-state index contributed by atoms with van der Waals surface area (Å²) in [6, 6.07) is -1.13. The molecule has 0 aromatic heterocycles. The van der Waals surface area contributed by atoms with E-state index in [4.69, 9.17) is 4.74 Å². The minimum atomic E-state index is -1.13. The number of nitrogens with zero attached hydrogens (tertiary/aromatic N) is 1. The Hall–Kier alpha value is -2.05. The Morgan fingerprint density at radius 2 is 1.76 bits per heavy atom. The SMILES string of the molecule is C=CCN(C(=O)OC(C)(C)C)C(CC(=O)OC)C(=O)OC. The van der Waals surface area contributed by atoms with Crippen LogP contribution in [-0.2, 0) is 23.8 Å². The molecule has 1 amide bonds. The molecule has 0 aromatic rings. The van der Waals surface area contributed by atoms with Crippen LogP contribution in [0.5, 0.6) is 0 Å². The third-order valence-corrected chi connectivity index (χ3v) is 2.39. The lowest BCUT2D eigenvalue weighted by Crippen LogP contribution is -2.48. The van der Waals surface area contributed by atoms with Crippen molar-refractivity contribution >= 4 is 18.0 Å². The van der Waals surface area contributed by atoms with E-state index in [2.05, 4.69) is 16.1 Å². The zero-order valence-corrected chi connectivity index (χ0v) is 13.2. The summed E-state index contributed by atoms with van der Waals surface area (Å²) in [7, 11) is 2.37. The van der Waals surface area contributed by atoms with E-state index >= 15 is 0 Å². The topological polar surface area (TPSA) is 82.1 Å². The fourth-order valence-electron chi connectivity index (χ4n) is 1.49. The van der Waals surface area contributed by atoms with Gasteiger partial charge in [-0.05, 0) is 20.8 Å². The molecule has 0 heterocycles.